The first-order chi connectivity index (χ1) is 15.9. The van der Waals surface area contributed by atoms with E-state index in [0.717, 1.165) is 12.7 Å². The van der Waals surface area contributed by atoms with E-state index >= 15 is 0 Å². The van der Waals surface area contributed by atoms with Gasteiger partial charge in [-0.15, -0.1) is 0 Å². The van der Waals surface area contributed by atoms with Crippen LogP contribution in [-0.2, 0) is 11.2 Å². The van der Waals surface area contributed by atoms with Gasteiger partial charge in [0.1, 0.15) is 11.5 Å². The van der Waals surface area contributed by atoms with Gasteiger partial charge < -0.3 is 25.6 Å². The van der Waals surface area contributed by atoms with Crippen LogP contribution >= 0.6 is 45.2 Å². The first-order valence-electron chi connectivity index (χ1n) is 10.1. The van der Waals surface area contributed by atoms with Crippen LogP contribution in [0.5, 0.6) is 17.2 Å². The average Bonchev–Trinajstić information content (AvgIpc) is 2.80. The van der Waals surface area contributed by atoms with Crippen LogP contribution in [0.1, 0.15) is 22.3 Å². The van der Waals surface area contributed by atoms with Crippen LogP contribution in [0.15, 0.2) is 60.7 Å². The van der Waals surface area contributed by atoms with Crippen molar-refractivity contribution in [3.05, 3.63) is 78.9 Å². The average molecular weight is 672 g/mol. The standard InChI is InChI=1S/C24H22I2N2O5/c25-19-12-15(6-9-22(31)27-10-11-29)13-20(26)23(19)33-17-7-8-21(30)18(14-17)24(32)28-16-4-2-1-3-5-16/h1-5,7-8,12-14,29-30H,6,9-11H2,(H,27,31)(H,28,32). The first-order valence-corrected chi connectivity index (χ1v) is 12.3. The fraction of sp³-hybridized carbons (Fsp3) is 0.167. The van der Waals surface area contributed by atoms with Crippen LogP contribution in [0.3, 0.4) is 0 Å². The van der Waals surface area contributed by atoms with Crippen LogP contribution in [0.25, 0.3) is 0 Å². The Hall–Kier alpha value is -2.38. The molecule has 0 radical (unpaired) electrons. The molecule has 3 aromatic rings. The quantitative estimate of drug-likeness (QED) is 0.247. The van der Waals surface area contributed by atoms with Gasteiger partial charge in [-0.05, 0) is 99.6 Å². The van der Waals surface area contributed by atoms with Gasteiger partial charge in [0.15, 0.2) is 5.75 Å². The Morgan fingerprint density at radius 2 is 1.67 bits per heavy atom. The molecule has 0 fully saturated rings. The van der Waals surface area contributed by atoms with Crippen molar-refractivity contribution in [2.45, 2.75) is 12.8 Å². The zero-order chi connectivity index (χ0) is 23.8. The number of para-hydroxylation sites is 1. The topological polar surface area (TPSA) is 108 Å². The summed E-state index contributed by atoms with van der Waals surface area (Å²) in [5, 5.41) is 24.4. The molecule has 0 aliphatic heterocycles. The number of aryl methyl sites for hydroxylation is 1. The van der Waals surface area contributed by atoms with Crippen molar-refractivity contribution in [1.82, 2.24) is 5.32 Å². The molecule has 0 aromatic heterocycles. The van der Waals surface area contributed by atoms with Gasteiger partial charge in [0.2, 0.25) is 5.91 Å². The second-order valence-electron chi connectivity index (χ2n) is 7.06. The minimum absolute atomic E-state index is 0.0829. The van der Waals surface area contributed by atoms with Crippen molar-refractivity contribution in [3.8, 4) is 17.2 Å². The molecule has 0 aliphatic rings. The maximum atomic E-state index is 12.6. The molecule has 0 spiro atoms. The molecule has 3 rings (SSSR count). The van der Waals surface area contributed by atoms with Crippen LogP contribution in [0, 0.1) is 7.14 Å². The van der Waals surface area contributed by atoms with Crippen molar-refractivity contribution in [3.63, 3.8) is 0 Å². The Morgan fingerprint density at radius 1 is 0.970 bits per heavy atom. The zero-order valence-electron chi connectivity index (χ0n) is 17.5. The van der Waals surface area contributed by atoms with Crippen molar-refractivity contribution in [2.75, 3.05) is 18.5 Å². The van der Waals surface area contributed by atoms with Gasteiger partial charge in [-0.25, -0.2) is 0 Å². The molecule has 9 heteroatoms. The zero-order valence-corrected chi connectivity index (χ0v) is 21.8. The summed E-state index contributed by atoms with van der Waals surface area (Å²) in [6, 6.07) is 17.4. The molecular weight excluding hydrogens is 650 g/mol. The monoisotopic (exact) mass is 672 g/mol. The highest BCUT2D eigenvalue weighted by Crippen LogP contribution is 2.35. The Bertz CT molecular complexity index is 1120. The van der Waals surface area contributed by atoms with E-state index < -0.39 is 5.91 Å². The van der Waals surface area contributed by atoms with Crippen molar-refractivity contribution in [1.29, 1.82) is 0 Å². The van der Waals surface area contributed by atoms with E-state index in [1.54, 1.807) is 18.2 Å². The summed E-state index contributed by atoms with van der Waals surface area (Å²) < 4.78 is 7.77. The Morgan fingerprint density at radius 3 is 2.33 bits per heavy atom. The molecule has 0 saturated carbocycles. The van der Waals surface area contributed by atoms with E-state index in [1.165, 1.54) is 12.1 Å². The molecule has 0 unspecified atom stereocenters. The molecule has 33 heavy (non-hydrogen) atoms. The number of aliphatic hydroxyl groups excluding tert-OH is 1. The molecule has 0 saturated heterocycles. The number of ether oxygens (including phenoxy) is 1. The SMILES string of the molecule is O=C(CCc1cc(I)c(Oc2ccc(O)c(C(=O)Nc3ccccc3)c2)c(I)c1)NCCO. The second kappa shape index (κ2) is 12.2. The number of carbonyl (C=O) groups excluding carboxylic acids is 2. The number of amides is 2. The molecule has 2 amide bonds. The number of phenols is 1. The summed E-state index contributed by atoms with van der Waals surface area (Å²) in [6.45, 7) is 0.166. The van der Waals surface area contributed by atoms with Gasteiger partial charge in [-0.2, -0.15) is 0 Å². The van der Waals surface area contributed by atoms with Crippen LogP contribution < -0.4 is 15.4 Å². The van der Waals surface area contributed by atoms with Crippen molar-refractivity contribution in [2.24, 2.45) is 0 Å². The summed E-state index contributed by atoms with van der Waals surface area (Å²) in [7, 11) is 0. The van der Waals surface area contributed by atoms with E-state index in [1.807, 2.05) is 30.3 Å². The van der Waals surface area contributed by atoms with Crippen LogP contribution in [0.4, 0.5) is 5.69 Å². The number of aromatic hydroxyl groups is 1. The molecule has 0 atom stereocenters. The second-order valence-corrected chi connectivity index (χ2v) is 9.39. The maximum absolute atomic E-state index is 12.6. The van der Waals surface area contributed by atoms with E-state index in [-0.39, 0.29) is 30.4 Å². The normalized spacial score (nSPS) is 10.5. The molecule has 0 aliphatic carbocycles. The number of benzene rings is 3. The number of rotatable bonds is 9. The smallest absolute Gasteiger partial charge is 0.259 e. The largest absolute Gasteiger partial charge is 0.507 e. The molecule has 7 nitrogen and oxygen atoms in total. The molecule has 0 bridgehead atoms. The van der Waals surface area contributed by atoms with Gasteiger partial charge in [0, 0.05) is 18.7 Å². The summed E-state index contributed by atoms with van der Waals surface area (Å²) in [5.41, 5.74) is 1.72. The van der Waals surface area contributed by atoms with E-state index in [2.05, 4.69) is 55.8 Å². The maximum Gasteiger partial charge on any atom is 0.259 e. The Labute approximate surface area is 218 Å². The van der Waals surface area contributed by atoms with E-state index in [4.69, 9.17) is 9.84 Å². The number of halogens is 2. The van der Waals surface area contributed by atoms with Gasteiger partial charge in [0.25, 0.3) is 5.91 Å². The number of phenolic OH excluding ortho intramolecular Hbond substituents is 1. The number of carbonyl (C=O) groups is 2. The van der Waals surface area contributed by atoms with Crippen LogP contribution in [0.2, 0.25) is 0 Å². The van der Waals surface area contributed by atoms with Gasteiger partial charge in [-0.1, -0.05) is 18.2 Å². The van der Waals surface area contributed by atoms with Gasteiger partial charge in [-0.3, -0.25) is 9.59 Å². The van der Waals surface area contributed by atoms with E-state index in [0.29, 0.717) is 30.0 Å². The number of anilines is 1. The molecule has 4 N–H and O–H groups in total. The highest BCUT2D eigenvalue weighted by atomic mass is 127. The predicted octanol–water partition coefficient (Wildman–Crippen LogP) is 4.69. The van der Waals surface area contributed by atoms with Crippen LogP contribution in [-0.4, -0.2) is 35.2 Å². The molecule has 172 valence electrons. The first kappa shape index (κ1) is 25.2. The lowest BCUT2D eigenvalue weighted by Gasteiger charge is -2.14. The summed E-state index contributed by atoms with van der Waals surface area (Å²) >= 11 is 4.34. The highest BCUT2D eigenvalue weighted by Gasteiger charge is 2.16. The number of nitrogens with one attached hydrogen (secondary N) is 2. The Balaban J connectivity index is 1.73. The molecule has 0 heterocycles. The Kier molecular flexibility index (Phi) is 9.32. The third-order valence-electron chi connectivity index (χ3n) is 4.60. The number of hydrogen-bond donors (Lipinski definition) is 4. The lowest BCUT2D eigenvalue weighted by Crippen LogP contribution is -2.26. The molecule has 3 aromatic carbocycles. The minimum Gasteiger partial charge on any atom is -0.507 e. The van der Waals surface area contributed by atoms with Gasteiger partial charge >= 0.3 is 0 Å². The fourth-order valence-corrected chi connectivity index (χ4v) is 5.11. The predicted molar refractivity (Wildman–Crippen MR) is 143 cm³/mol. The fourth-order valence-electron chi connectivity index (χ4n) is 2.99. The minimum atomic E-state index is -0.441. The lowest BCUT2D eigenvalue weighted by molar-refractivity contribution is -0.121. The van der Waals surface area contributed by atoms with Crippen molar-refractivity contribution >= 4 is 62.7 Å². The summed E-state index contributed by atoms with van der Waals surface area (Å²) in [5.74, 6) is 0.348. The van der Waals surface area contributed by atoms with E-state index in [9.17, 15) is 14.7 Å². The highest BCUT2D eigenvalue weighted by molar-refractivity contribution is 14.1. The molecular formula is C24H22I2N2O5. The van der Waals surface area contributed by atoms with Gasteiger partial charge in [0.05, 0.1) is 19.3 Å². The third-order valence-corrected chi connectivity index (χ3v) is 6.20. The summed E-state index contributed by atoms with van der Waals surface area (Å²) in [6.07, 6.45) is 0.886. The van der Waals surface area contributed by atoms with Crippen molar-refractivity contribution < 1.29 is 24.5 Å². The third kappa shape index (κ3) is 7.30. The number of hydrogen-bond acceptors (Lipinski definition) is 5. The summed E-state index contributed by atoms with van der Waals surface area (Å²) in [4.78, 5) is 24.4. The number of aliphatic hydroxyl groups is 1. The lowest BCUT2D eigenvalue weighted by atomic mass is 10.1.